The first-order valence-corrected chi connectivity index (χ1v) is 16.8. The van der Waals surface area contributed by atoms with Crippen LogP contribution in [0.1, 0.15) is 129 Å². The fourth-order valence-electron chi connectivity index (χ4n) is 7.94. The molecule has 1 nitrogen and oxygen atoms in total. The number of rotatable bonds is 10. The van der Waals surface area contributed by atoms with E-state index in [4.69, 9.17) is 4.74 Å². The van der Waals surface area contributed by atoms with Gasteiger partial charge in [0.05, 0.1) is 13.2 Å². The minimum Gasteiger partial charge on any atom is -0.373 e. The molecule has 0 aliphatic heterocycles. The van der Waals surface area contributed by atoms with Gasteiger partial charge in [-0.15, -0.1) is 0 Å². The zero-order valence-electron chi connectivity index (χ0n) is 30.3. The molecule has 240 valence electrons. The molecule has 0 fully saturated rings. The summed E-state index contributed by atoms with van der Waals surface area (Å²) in [7, 11) is 0. The van der Waals surface area contributed by atoms with Gasteiger partial charge in [0.15, 0.2) is 0 Å². The van der Waals surface area contributed by atoms with E-state index in [1.807, 2.05) is 0 Å². The smallest absolute Gasteiger partial charge is 0.0657 e. The van der Waals surface area contributed by atoms with E-state index in [0.717, 1.165) is 0 Å². The Hall–Kier alpha value is -3.16. The van der Waals surface area contributed by atoms with Crippen LogP contribution >= 0.6 is 0 Å². The number of allylic oxidation sites excluding steroid dienone is 10. The van der Waals surface area contributed by atoms with Crippen LogP contribution in [0.3, 0.4) is 0 Å². The van der Waals surface area contributed by atoms with Crippen LogP contribution in [0.2, 0.25) is 0 Å². The number of fused-ring (bicyclic) bond motifs is 2. The molecule has 0 radical (unpaired) electrons. The van der Waals surface area contributed by atoms with Gasteiger partial charge in [0, 0.05) is 0 Å². The summed E-state index contributed by atoms with van der Waals surface area (Å²) in [6.45, 7) is 28.9. The second kappa shape index (κ2) is 13.3. The molecule has 0 amide bonds. The Morgan fingerprint density at radius 2 is 0.911 bits per heavy atom. The lowest BCUT2D eigenvalue weighted by molar-refractivity contribution is 0.193. The first-order valence-electron chi connectivity index (χ1n) is 16.8. The van der Waals surface area contributed by atoms with E-state index in [0.29, 0.717) is 13.2 Å². The highest BCUT2D eigenvalue weighted by Crippen LogP contribution is 2.50. The van der Waals surface area contributed by atoms with Crippen LogP contribution in [0.15, 0.2) is 96.2 Å². The molecule has 0 unspecified atom stereocenters. The maximum Gasteiger partial charge on any atom is 0.0657 e. The summed E-state index contributed by atoms with van der Waals surface area (Å²) in [6, 6.07) is 14.1. The van der Waals surface area contributed by atoms with Crippen molar-refractivity contribution in [2.45, 2.75) is 118 Å². The third-order valence-corrected chi connectivity index (χ3v) is 10.1. The molecule has 2 aromatic rings. The van der Waals surface area contributed by atoms with E-state index < -0.39 is 0 Å². The van der Waals surface area contributed by atoms with Crippen molar-refractivity contribution in [3.8, 4) is 0 Å². The maximum atomic E-state index is 5.87. The predicted octanol–water partition coefficient (Wildman–Crippen LogP) is 12.1. The van der Waals surface area contributed by atoms with Gasteiger partial charge in [-0.1, -0.05) is 152 Å². The fourth-order valence-corrected chi connectivity index (χ4v) is 7.94. The summed E-state index contributed by atoms with van der Waals surface area (Å²) >= 11 is 0. The van der Waals surface area contributed by atoms with Crippen molar-refractivity contribution in [3.05, 3.63) is 130 Å². The van der Waals surface area contributed by atoms with Gasteiger partial charge in [-0.2, -0.15) is 0 Å². The highest BCUT2D eigenvalue weighted by molar-refractivity contribution is 5.68. The van der Waals surface area contributed by atoms with Gasteiger partial charge >= 0.3 is 0 Å². The van der Waals surface area contributed by atoms with Crippen LogP contribution in [0.4, 0.5) is 0 Å². The SMILES string of the molecule is CC(C=CC=C(C)c1ccc2c(c1)C(C)(C)CC2(C)C)=CCOCC=C(C)C=CC=C(C)c1ccc2c(c1)C(C)(C)CC2(C)C. The Bertz CT molecular complexity index is 1470. The van der Waals surface area contributed by atoms with E-state index in [2.05, 4.69) is 168 Å². The quantitative estimate of drug-likeness (QED) is 0.194. The lowest BCUT2D eigenvalue weighted by atomic mass is 9.82. The third-order valence-electron chi connectivity index (χ3n) is 10.1. The van der Waals surface area contributed by atoms with Gasteiger partial charge in [-0.25, -0.2) is 0 Å². The monoisotopic (exact) mass is 602 g/mol. The molecule has 0 heterocycles. The van der Waals surface area contributed by atoms with Crippen molar-refractivity contribution in [2.75, 3.05) is 13.2 Å². The number of ether oxygens (including phenoxy) is 1. The summed E-state index contributed by atoms with van der Waals surface area (Å²) in [5.74, 6) is 0. The van der Waals surface area contributed by atoms with Gasteiger partial charge in [-0.05, 0) is 107 Å². The van der Waals surface area contributed by atoms with Crippen LogP contribution in [-0.2, 0) is 26.4 Å². The first-order chi connectivity index (χ1) is 20.9. The average molecular weight is 603 g/mol. The normalized spacial score (nSPS) is 20.7. The van der Waals surface area contributed by atoms with Gasteiger partial charge < -0.3 is 4.74 Å². The molecule has 0 N–H and O–H groups in total. The van der Waals surface area contributed by atoms with Crippen LogP contribution in [0, 0.1) is 0 Å². The number of hydrogen-bond acceptors (Lipinski definition) is 1. The molecule has 0 spiro atoms. The molecule has 2 aliphatic rings. The third kappa shape index (κ3) is 8.17. The zero-order chi connectivity index (χ0) is 33.2. The Morgan fingerprint density at radius 1 is 0.556 bits per heavy atom. The average Bonchev–Trinajstić information content (AvgIpc) is 3.26. The number of hydrogen-bond donors (Lipinski definition) is 0. The second-order valence-electron chi connectivity index (χ2n) is 16.3. The van der Waals surface area contributed by atoms with E-state index >= 15 is 0 Å². The van der Waals surface area contributed by atoms with E-state index in [1.54, 1.807) is 0 Å². The Kier molecular flexibility index (Phi) is 10.3. The standard InChI is InChI=1S/C44H58O/c1-31(15-13-17-33(3)35-19-21-37-39(27-35)43(9,10)29-41(37,5)6)23-25-45-26-24-32(2)16-14-18-34(4)36-20-22-38-40(28-36)44(11,12)30-42(38,7)8/h13-24,27-28H,25-26,29-30H2,1-12H3. The van der Waals surface area contributed by atoms with Crippen LogP contribution in [0.25, 0.3) is 11.1 Å². The topological polar surface area (TPSA) is 9.23 Å². The molecule has 2 aliphatic carbocycles. The molecule has 4 rings (SSSR count). The highest BCUT2D eigenvalue weighted by atomic mass is 16.5. The second-order valence-corrected chi connectivity index (χ2v) is 16.3. The molecule has 0 atom stereocenters. The Labute approximate surface area is 275 Å². The molecular formula is C44H58O. The Morgan fingerprint density at radius 3 is 1.29 bits per heavy atom. The van der Waals surface area contributed by atoms with Gasteiger partial charge in [0.1, 0.15) is 0 Å². The molecule has 0 saturated carbocycles. The van der Waals surface area contributed by atoms with E-state index in [1.165, 1.54) is 68.5 Å². The van der Waals surface area contributed by atoms with Gasteiger partial charge in [-0.3, -0.25) is 0 Å². The summed E-state index contributed by atoms with van der Waals surface area (Å²) < 4.78 is 5.87. The van der Waals surface area contributed by atoms with Crippen molar-refractivity contribution in [3.63, 3.8) is 0 Å². The summed E-state index contributed by atoms with van der Waals surface area (Å²) in [6.07, 6.45) is 19.7. The molecular weight excluding hydrogens is 544 g/mol. The van der Waals surface area contributed by atoms with Crippen LogP contribution in [0.5, 0.6) is 0 Å². The minimum absolute atomic E-state index is 0.225. The summed E-state index contributed by atoms with van der Waals surface area (Å²) in [4.78, 5) is 0. The first kappa shape index (κ1) is 34.7. The minimum atomic E-state index is 0.225. The fraction of sp³-hybridized carbons (Fsp3) is 0.455. The van der Waals surface area contributed by atoms with Crippen LogP contribution < -0.4 is 0 Å². The summed E-state index contributed by atoms with van der Waals surface area (Å²) in [5, 5.41) is 0. The van der Waals surface area contributed by atoms with Crippen molar-refractivity contribution < 1.29 is 4.74 Å². The molecule has 1 heteroatoms. The van der Waals surface area contributed by atoms with Crippen molar-refractivity contribution in [1.29, 1.82) is 0 Å². The van der Waals surface area contributed by atoms with Crippen molar-refractivity contribution >= 4 is 11.1 Å². The molecule has 45 heavy (non-hydrogen) atoms. The van der Waals surface area contributed by atoms with Crippen LogP contribution in [-0.4, -0.2) is 13.2 Å². The largest absolute Gasteiger partial charge is 0.373 e. The van der Waals surface area contributed by atoms with Gasteiger partial charge in [0.2, 0.25) is 0 Å². The molecule has 2 aromatic carbocycles. The predicted molar refractivity (Wildman–Crippen MR) is 198 cm³/mol. The van der Waals surface area contributed by atoms with Crippen molar-refractivity contribution in [1.82, 2.24) is 0 Å². The lowest BCUT2D eigenvalue weighted by Crippen LogP contribution is -2.18. The number of benzene rings is 2. The zero-order valence-corrected chi connectivity index (χ0v) is 30.3. The lowest BCUT2D eigenvalue weighted by Gasteiger charge is -2.22. The summed E-state index contributed by atoms with van der Waals surface area (Å²) in [5.41, 5.74) is 14.6. The maximum absolute atomic E-state index is 5.87. The van der Waals surface area contributed by atoms with Crippen molar-refractivity contribution in [2.24, 2.45) is 0 Å². The molecule has 0 bridgehead atoms. The van der Waals surface area contributed by atoms with E-state index in [-0.39, 0.29) is 21.7 Å². The highest BCUT2D eigenvalue weighted by Gasteiger charge is 2.42. The molecule has 0 saturated heterocycles. The van der Waals surface area contributed by atoms with E-state index in [9.17, 15) is 0 Å². The molecule has 0 aromatic heterocycles. The Balaban J connectivity index is 1.25. The van der Waals surface area contributed by atoms with Gasteiger partial charge in [0.25, 0.3) is 0 Å².